The molecule has 1 aliphatic heterocycles. The minimum absolute atomic E-state index is 0.0265. The number of hydrogen-bond acceptors (Lipinski definition) is 5. The van der Waals surface area contributed by atoms with Gasteiger partial charge in [0.15, 0.2) is 5.82 Å². The third-order valence-corrected chi connectivity index (χ3v) is 6.11. The third kappa shape index (κ3) is 4.79. The summed E-state index contributed by atoms with van der Waals surface area (Å²) in [5.74, 6) is 0.148. The van der Waals surface area contributed by atoms with Crippen LogP contribution in [0, 0.1) is 6.92 Å². The molecule has 1 aromatic carbocycles. The van der Waals surface area contributed by atoms with E-state index in [0.29, 0.717) is 23.8 Å². The molecule has 0 spiro atoms. The topological polar surface area (TPSA) is 87.5 Å². The zero-order valence-electron chi connectivity index (χ0n) is 15.2. The van der Waals surface area contributed by atoms with Crippen LogP contribution in [-0.4, -0.2) is 67.1 Å². The molecule has 3 rings (SSSR count). The summed E-state index contributed by atoms with van der Waals surface area (Å²) >= 11 is 5.80. The van der Waals surface area contributed by atoms with Crippen LogP contribution in [0.2, 0.25) is 5.02 Å². The fourth-order valence-corrected chi connectivity index (χ4v) is 3.93. The Morgan fingerprint density at radius 3 is 2.44 bits per heavy atom. The van der Waals surface area contributed by atoms with Gasteiger partial charge in [-0.2, -0.15) is 5.10 Å². The van der Waals surface area contributed by atoms with Crippen molar-refractivity contribution in [3.63, 3.8) is 0 Å². The van der Waals surface area contributed by atoms with Gasteiger partial charge in [-0.1, -0.05) is 11.6 Å². The molecule has 146 valence electrons. The molecular weight excluding hydrogens is 390 g/mol. The van der Waals surface area contributed by atoms with E-state index >= 15 is 0 Å². The summed E-state index contributed by atoms with van der Waals surface area (Å²) < 4.78 is 28.9. The number of piperazine rings is 1. The van der Waals surface area contributed by atoms with Gasteiger partial charge in [0, 0.05) is 43.0 Å². The van der Waals surface area contributed by atoms with Crippen molar-refractivity contribution in [1.29, 1.82) is 0 Å². The normalized spacial score (nSPS) is 15.7. The van der Waals surface area contributed by atoms with E-state index in [1.807, 2.05) is 7.05 Å². The zero-order chi connectivity index (χ0) is 19.6. The lowest BCUT2D eigenvalue weighted by atomic mass is 10.3. The Kier molecular flexibility index (Phi) is 5.73. The van der Waals surface area contributed by atoms with Crippen molar-refractivity contribution >= 4 is 33.3 Å². The number of aryl methyl sites for hydroxylation is 1. The maximum Gasteiger partial charge on any atom is 0.263 e. The van der Waals surface area contributed by atoms with Gasteiger partial charge in [-0.15, -0.1) is 0 Å². The van der Waals surface area contributed by atoms with Gasteiger partial charge in [0.2, 0.25) is 5.91 Å². The van der Waals surface area contributed by atoms with Crippen LogP contribution in [0.5, 0.6) is 0 Å². The monoisotopic (exact) mass is 411 g/mol. The molecule has 8 nitrogen and oxygen atoms in total. The number of hydrogen-bond donors (Lipinski definition) is 1. The first-order chi connectivity index (χ1) is 12.7. The average molecular weight is 412 g/mol. The van der Waals surface area contributed by atoms with Crippen LogP contribution >= 0.6 is 11.6 Å². The van der Waals surface area contributed by atoms with Gasteiger partial charge < -0.3 is 9.80 Å². The highest BCUT2D eigenvalue weighted by atomic mass is 35.5. The number of halogens is 1. The summed E-state index contributed by atoms with van der Waals surface area (Å²) in [6, 6.07) is 7.46. The Morgan fingerprint density at radius 2 is 1.81 bits per heavy atom. The maximum atomic E-state index is 12.5. The molecule has 1 amide bonds. The van der Waals surface area contributed by atoms with Crippen LogP contribution in [0.25, 0.3) is 0 Å². The first-order valence-corrected chi connectivity index (χ1v) is 10.4. The van der Waals surface area contributed by atoms with Gasteiger partial charge in [-0.3, -0.25) is 14.2 Å². The Morgan fingerprint density at radius 1 is 1.19 bits per heavy atom. The van der Waals surface area contributed by atoms with Crippen LogP contribution in [0.3, 0.4) is 0 Å². The number of rotatable bonds is 5. The van der Waals surface area contributed by atoms with Crippen LogP contribution in [-0.2, 0) is 21.4 Å². The predicted octanol–water partition coefficient (Wildman–Crippen LogP) is 1.42. The second-order valence-corrected chi connectivity index (χ2v) is 8.69. The molecule has 0 bridgehead atoms. The Labute approximate surface area is 163 Å². The van der Waals surface area contributed by atoms with E-state index in [2.05, 4.69) is 14.7 Å². The highest BCUT2D eigenvalue weighted by Gasteiger charge is 2.21. The van der Waals surface area contributed by atoms with Gasteiger partial charge >= 0.3 is 0 Å². The molecule has 1 N–H and O–H groups in total. The molecule has 0 atom stereocenters. The number of anilines is 1. The first-order valence-electron chi connectivity index (χ1n) is 8.54. The molecular formula is C17H22ClN5O3S. The number of likely N-dealkylation sites (N-methyl/N-ethyl adjacent to an activating group) is 1. The summed E-state index contributed by atoms with van der Waals surface area (Å²) in [5, 5.41) is 4.69. The van der Waals surface area contributed by atoms with E-state index in [0.717, 1.165) is 13.1 Å². The van der Waals surface area contributed by atoms with E-state index in [-0.39, 0.29) is 23.2 Å². The maximum absolute atomic E-state index is 12.5. The van der Waals surface area contributed by atoms with Gasteiger partial charge in [-0.25, -0.2) is 8.42 Å². The minimum atomic E-state index is -3.77. The van der Waals surface area contributed by atoms with Crippen molar-refractivity contribution in [1.82, 2.24) is 19.6 Å². The Hall–Kier alpha value is -2.10. The molecule has 0 radical (unpaired) electrons. The summed E-state index contributed by atoms with van der Waals surface area (Å²) in [4.78, 5) is 16.5. The molecule has 1 fully saturated rings. The number of aromatic nitrogens is 2. The third-order valence-electron chi connectivity index (χ3n) is 4.49. The number of amides is 1. The van der Waals surface area contributed by atoms with E-state index in [4.69, 9.17) is 11.6 Å². The van der Waals surface area contributed by atoms with Crippen molar-refractivity contribution in [2.45, 2.75) is 18.4 Å². The number of nitrogens with one attached hydrogen (secondary N) is 1. The fraction of sp³-hybridized carbons (Fsp3) is 0.412. The smallest absolute Gasteiger partial charge is 0.263 e. The molecule has 0 unspecified atom stereocenters. The second-order valence-electron chi connectivity index (χ2n) is 6.57. The highest BCUT2D eigenvalue weighted by Crippen LogP contribution is 2.18. The van der Waals surface area contributed by atoms with Crippen LogP contribution in [0.1, 0.15) is 5.69 Å². The molecule has 0 aliphatic carbocycles. The SMILES string of the molecule is Cc1cc(NS(=O)(=O)c2ccc(Cl)cc2)nn1CC(=O)N1CCN(C)CC1. The van der Waals surface area contributed by atoms with Crippen molar-refractivity contribution < 1.29 is 13.2 Å². The zero-order valence-corrected chi connectivity index (χ0v) is 16.8. The molecule has 2 aromatic rings. The first kappa shape index (κ1) is 19.7. The largest absolute Gasteiger partial charge is 0.339 e. The molecule has 27 heavy (non-hydrogen) atoms. The summed E-state index contributed by atoms with van der Waals surface area (Å²) in [6.07, 6.45) is 0. The number of carbonyl (C=O) groups is 1. The van der Waals surface area contributed by atoms with Crippen LogP contribution in [0.15, 0.2) is 35.2 Å². The molecule has 1 aromatic heterocycles. The minimum Gasteiger partial charge on any atom is -0.339 e. The van der Waals surface area contributed by atoms with E-state index in [9.17, 15) is 13.2 Å². The number of carbonyl (C=O) groups excluding carboxylic acids is 1. The van der Waals surface area contributed by atoms with Gasteiger partial charge in [0.1, 0.15) is 6.54 Å². The molecule has 2 heterocycles. The fourth-order valence-electron chi connectivity index (χ4n) is 2.81. The Balaban J connectivity index is 1.69. The van der Waals surface area contributed by atoms with E-state index in [1.54, 1.807) is 17.9 Å². The lowest BCUT2D eigenvalue weighted by Crippen LogP contribution is -2.48. The second kappa shape index (κ2) is 7.87. The average Bonchev–Trinajstić information content (AvgIpc) is 2.94. The lowest BCUT2D eigenvalue weighted by Gasteiger charge is -2.32. The lowest BCUT2D eigenvalue weighted by molar-refractivity contribution is -0.133. The van der Waals surface area contributed by atoms with E-state index in [1.165, 1.54) is 28.9 Å². The number of nitrogens with zero attached hydrogens (tertiary/aromatic N) is 4. The molecule has 0 saturated carbocycles. The summed E-state index contributed by atoms with van der Waals surface area (Å²) in [7, 11) is -1.75. The number of sulfonamides is 1. The highest BCUT2D eigenvalue weighted by molar-refractivity contribution is 7.92. The van der Waals surface area contributed by atoms with Gasteiger partial charge in [0.25, 0.3) is 10.0 Å². The number of benzene rings is 1. The molecule has 1 aliphatic rings. The van der Waals surface area contributed by atoms with Crippen LogP contribution in [0.4, 0.5) is 5.82 Å². The van der Waals surface area contributed by atoms with Gasteiger partial charge in [0.05, 0.1) is 4.90 Å². The predicted molar refractivity (Wildman–Crippen MR) is 103 cm³/mol. The van der Waals surface area contributed by atoms with Crippen molar-refractivity contribution in [2.24, 2.45) is 0 Å². The summed E-state index contributed by atoms with van der Waals surface area (Å²) in [5.41, 5.74) is 0.700. The van der Waals surface area contributed by atoms with Crippen molar-refractivity contribution in [2.75, 3.05) is 37.9 Å². The molecule has 10 heteroatoms. The van der Waals surface area contributed by atoms with Crippen molar-refractivity contribution in [3.8, 4) is 0 Å². The van der Waals surface area contributed by atoms with E-state index < -0.39 is 10.0 Å². The standard InChI is InChI=1S/C17H22ClN5O3S/c1-13-11-16(20-27(25,26)15-5-3-14(18)4-6-15)19-23(13)12-17(24)22-9-7-21(2)8-10-22/h3-6,11H,7-10,12H2,1-2H3,(H,19,20). The quantitative estimate of drug-likeness (QED) is 0.803. The van der Waals surface area contributed by atoms with Crippen LogP contribution < -0.4 is 4.72 Å². The Bertz CT molecular complexity index is 919. The molecule has 1 saturated heterocycles. The summed E-state index contributed by atoms with van der Waals surface area (Å²) in [6.45, 7) is 4.92. The van der Waals surface area contributed by atoms with Gasteiger partial charge in [-0.05, 0) is 38.2 Å². The van der Waals surface area contributed by atoms with Crippen molar-refractivity contribution in [3.05, 3.63) is 41.0 Å².